The zero-order valence-corrected chi connectivity index (χ0v) is 13.4. The van der Waals surface area contributed by atoms with Crippen LogP contribution in [0.15, 0.2) is 0 Å². The fourth-order valence-electron chi connectivity index (χ4n) is 7.37. The Morgan fingerprint density at radius 3 is 2.76 bits per heavy atom. The first-order valence-electron chi connectivity index (χ1n) is 9.25. The molecule has 0 aromatic heterocycles. The SMILES string of the molecule is CC12CCC3C(CCC4CCCCC43C)C1C1OC1C2=O. The third-order valence-corrected chi connectivity index (χ3v) is 8.54. The van der Waals surface area contributed by atoms with Crippen LogP contribution < -0.4 is 0 Å². The van der Waals surface area contributed by atoms with Gasteiger partial charge in [0.1, 0.15) is 6.10 Å². The van der Waals surface area contributed by atoms with Gasteiger partial charge in [0, 0.05) is 11.3 Å². The van der Waals surface area contributed by atoms with Gasteiger partial charge in [-0.05, 0) is 61.7 Å². The summed E-state index contributed by atoms with van der Waals surface area (Å²) >= 11 is 0. The van der Waals surface area contributed by atoms with Crippen molar-refractivity contribution in [2.75, 3.05) is 0 Å². The highest BCUT2D eigenvalue weighted by Gasteiger charge is 2.72. The van der Waals surface area contributed by atoms with E-state index in [-0.39, 0.29) is 11.5 Å². The minimum atomic E-state index is -0.0351. The van der Waals surface area contributed by atoms with Crippen LogP contribution in [0.1, 0.15) is 65.2 Å². The lowest BCUT2D eigenvalue weighted by Crippen LogP contribution is -2.54. The fourth-order valence-corrected chi connectivity index (χ4v) is 7.37. The summed E-state index contributed by atoms with van der Waals surface area (Å²) in [4.78, 5) is 12.6. The Morgan fingerprint density at radius 1 is 1.05 bits per heavy atom. The Labute approximate surface area is 128 Å². The second-order valence-corrected chi connectivity index (χ2v) is 9.16. The second kappa shape index (κ2) is 3.93. The fraction of sp³-hybridized carbons (Fsp3) is 0.947. The lowest BCUT2D eigenvalue weighted by atomic mass is 9.45. The smallest absolute Gasteiger partial charge is 0.170 e. The number of carbonyl (C=O) groups is 1. The van der Waals surface area contributed by atoms with Crippen LogP contribution in [0.2, 0.25) is 0 Å². The first-order chi connectivity index (χ1) is 10.1. The van der Waals surface area contributed by atoms with Gasteiger partial charge >= 0.3 is 0 Å². The molecule has 5 aliphatic rings. The lowest BCUT2D eigenvalue weighted by Gasteiger charge is -2.59. The van der Waals surface area contributed by atoms with Crippen molar-refractivity contribution in [3.8, 4) is 0 Å². The van der Waals surface area contributed by atoms with Gasteiger partial charge < -0.3 is 4.74 Å². The number of Topliss-reactive ketones (excluding diaryl/α,β-unsaturated/α-hetero) is 1. The Balaban J connectivity index is 1.52. The molecule has 8 atom stereocenters. The molecule has 0 N–H and O–H groups in total. The molecule has 1 saturated heterocycles. The third-order valence-electron chi connectivity index (χ3n) is 8.54. The van der Waals surface area contributed by atoms with Crippen molar-refractivity contribution in [3.05, 3.63) is 0 Å². The molecule has 2 heteroatoms. The quantitative estimate of drug-likeness (QED) is 0.631. The first-order valence-corrected chi connectivity index (χ1v) is 9.25. The average Bonchev–Trinajstić information content (AvgIpc) is 3.21. The predicted octanol–water partition coefficient (Wildman–Crippen LogP) is 3.98. The van der Waals surface area contributed by atoms with Crippen molar-refractivity contribution < 1.29 is 9.53 Å². The van der Waals surface area contributed by atoms with Crippen LogP contribution in [0.3, 0.4) is 0 Å². The maximum absolute atomic E-state index is 12.6. The highest BCUT2D eigenvalue weighted by molar-refractivity contribution is 5.94. The molecule has 4 aliphatic carbocycles. The summed E-state index contributed by atoms with van der Waals surface area (Å²) in [5.41, 5.74) is 0.533. The van der Waals surface area contributed by atoms with Crippen LogP contribution in [-0.2, 0) is 9.53 Å². The molecule has 5 fully saturated rings. The van der Waals surface area contributed by atoms with Crippen molar-refractivity contribution in [2.24, 2.45) is 34.5 Å². The molecule has 5 rings (SSSR count). The molecule has 0 radical (unpaired) electrons. The Morgan fingerprint density at radius 2 is 1.90 bits per heavy atom. The van der Waals surface area contributed by atoms with E-state index < -0.39 is 0 Å². The molecular formula is C19H28O2. The average molecular weight is 288 g/mol. The highest BCUT2D eigenvalue weighted by atomic mass is 16.6. The van der Waals surface area contributed by atoms with Crippen molar-refractivity contribution in [1.82, 2.24) is 0 Å². The van der Waals surface area contributed by atoms with Crippen LogP contribution in [0.4, 0.5) is 0 Å². The highest BCUT2D eigenvalue weighted by Crippen LogP contribution is 2.68. The largest absolute Gasteiger partial charge is 0.361 e. The molecule has 0 aromatic rings. The van der Waals surface area contributed by atoms with Crippen LogP contribution in [-0.4, -0.2) is 18.0 Å². The van der Waals surface area contributed by atoms with Gasteiger partial charge in [-0.3, -0.25) is 4.79 Å². The maximum atomic E-state index is 12.6. The Bertz CT molecular complexity index is 500. The molecule has 0 bridgehead atoms. The van der Waals surface area contributed by atoms with Crippen molar-refractivity contribution in [3.63, 3.8) is 0 Å². The summed E-state index contributed by atoms with van der Waals surface area (Å²) in [6, 6.07) is 0. The standard InChI is InChI=1S/C19H28O2/c1-18-9-4-3-5-11(18)6-7-12-13(18)8-10-19(2)14(12)15-16(21-15)17(19)20/h11-16H,3-10H2,1-2H3. The molecule has 1 heterocycles. The molecular weight excluding hydrogens is 260 g/mol. The third kappa shape index (κ3) is 1.46. The van der Waals surface area contributed by atoms with Crippen molar-refractivity contribution in [1.29, 1.82) is 0 Å². The van der Waals surface area contributed by atoms with Gasteiger partial charge in [-0.1, -0.05) is 26.7 Å². The lowest BCUT2D eigenvalue weighted by molar-refractivity contribution is -0.149. The molecule has 0 aromatic carbocycles. The molecule has 0 spiro atoms. The summed E-state index contributed by atoms with van der Waals surface area (Å²) < 4.78 is 5.77. The van der Waals surface area contributed by atoms with E-state index in [4.69, 9.17) is 4.74 Å². The summed E-state index contributed by atoms with van der Waals surface area (Å²) in [6.07, 6.45) is 11.3. The summed E-state index contributed by atoms with van der Waals surface area (Å²) in [7, 11) is 0. The number of fused-ring (bicyclic) bond motifs is 7. The van der Waals surface area contributed by atoms with E-state index in [0.717, 1.165) is 24.2 Å². The van der Waals surface area contributed by atoms with Crippen LogP contribution in [0.25, 0.3) is 0 Å². The van der Waals surface area contributed by atoms with Crippen LogP contribution in [0.5, 0.6) is 0 Å². The summed E-state index contributed by atoms with van der Waals surface area (Å²) in [6.45, 7) is 4.86. The van der Waals surface area contributed by atoms with Crippen molar-refractivity contribution >= 4 is 5.78 Å². The number of hydrogen-bond donors (Lipinski definition) is 0. The summed E-state index contributed by atoms with van der Waals surface area (Å²) in [5.74, 6) is 3.60. The van der Waals surface area contributed by atoms with E-state index in [1.807, 2.05) is 0 Å². The molecule has 4 saturated carbocycles. The predicted molar refractivity (Wildman–Crippen MR) is 80.8 cm³/mol. The van der Waals surface area contributed by atoms with E-state index in [0.29, 0.717) is 23.2 Å². The maximum Gasteiger partial charge on any atom is 0.170 e. The molecule has 1 aliphatic heterocycles. The monoisotopic (exact) mass is 288 g/mol. The topological polar surface area (TPSA) is 29.6 Å². The molecule has 0 amide bonds. The van der Waals surface area contributed by atoms with Gasteiger partial charge in [-0.25, -0.2) is 0 Å². The number of ketones is 1. The van der Waals surface area contributed by atoms with E-state index in [1.54, 1.807) is 0 Å². The molecule has 116 valence electrons. The minimum Gasteiger partial charge on any atom is -0.361 e. The number of rotatable bonds is 0. The van der Waals surface area contributed by atoms with Crippen LogP contribution in [0, 0.1) is 34.5 Å². The van der Waals surface area contributed by atoms with E-state index in [2.05, 4.69) is 13.8 Å². The van der Waals surface area contributed by atoms with E-state index >= 15 is 0 Å². The number of epoxide rings is 1. The number of ether oxygens (including phenoxy) is 1. The van der Waals surface area contributed by atoms with Gasteiger partial charge in [0.2, 0.25) is 0 Å². The van der Waals surface area contributed by atoms with E-state index in [9.17, 15) is 4.79 Å². The van der Waals surface area contributed by atoms with Gasteiger partial charge in [0.15, 0.2) is 5.78 Å². The minimum absolute atomic E-state index is 0.00404. The molecule has 21 heavy (non-hydrogen) atoms. The number of hydrogen-bond acceptors (Lipinski definition) is 2. The first kappa shape index (κ1) is 13.1. The zero-order valence-electron chi connectivity index (χ0n) is 13.4. The van der Waals surface area contributed by atoms with Gasteiger partial charge in [-0.2, -0.15) is 0 Å². The number of carbonyl (C=O) groups excluding carboxylic acids is 1. The second-order valence-electron chi connectivity index (χ2n) is 9.16. The zero-order chi connectivity index (χ0) is 14.4. The normalized spacial score (nSPS) is 61.5. The Kier molecular flexibility index (Phi) is 2.45. The van der Waals surface area contributed by atoms with Crippen molar-refractivity contribution in [2.45, 2.75) is 77.4 Å². The molecule has 8 unspecified atom stereocenters. The Hall–Kier alpha value is -0.370. The van der Waals surface area contributed by atoms with Gasteiger partial charge in [0.05, 0.1) is 6.10 Å². The summed E-state index contributed by atoms with van der Waals surface area (Å²) in [5, 5.41) is 0. The van der Waals surface area contributed by atoms with Gasteiger partial charge in [-0.15, -0.1) is 0 Å². The van der Waals surface area contributed by atoms with E-state index in [1.165, 1.54) is 44.9 Å². The molecule has 2 nitrogen and oxygen atoms in total. The van der Waals surface area contributed by atoms with Crippen LogP contribution >= 0.6 is 0 Å². The van der Waals surface area contributed by atoms with Gasteiger partial charge in [0.25, 0.3) is 0 Å².